The number of ether oxygens (including phenoxy) is 1. The van der Waals surface area contributed by atoms with Gasteiger partial charge in [-0.1, -0.05) is 0 Å². The van der Waals surface area contributed by atoms with Crippen molar-refractivity contribution in [1.82, 2.24) is 19.8 Å². The number of nitrogens with zero attached hydrogens (tertiary/aromatic N) is 5. The zero-order valence-electron chi connectivity index (χ0n) is 16.4. The normalized spacial score (nSPS) is 27.3. The summed E-state index contributed by atoms with van der Waals surface area (Å²) in [7, 11) is 6.23. The summed E-state index contributed by atoms with van der Waals surface area (Å²) in [5.41, 5.74) is 2.55. The fourth-order valence-corrected chi connectivity index (χ4v) is 4.27. The Morgan fingerprint density at radius 1 is 1.04 bits per heavy atom. The molecule has 3 heterocycles. The largest absolute Gasteiger partial charge is 0.378 e. The monoisotopic (exact) mass is 360 g/mol. The van der Waals surface area contributed by atoms with Crippen LogP contribution < -0.4 is 10.2 Å². The molecule has 144 valence electrons. The van der Waals surface area contributed by atoms with Gasteiger partial charge in [-0.05, 0) is 32.7 Å². The highest BCUT2D eigenvalue weighted by atomic mass is 16.5. The summed E-state index contributed by atoms with van der Waals surface area (Å²) in [6.07, 6.45) is 4.61. The van der Waals surface area contributed by atoms with Gasteiger partial charge in [-0.2, -0.15) is 4.98 Å². The maximum Gasteiger partial charge on any atom is 0.227 e. The lowest BCUT2D eigenvalue weighted by Crippen LogP contribution is -2.54. The van der Waals surface area contributed by atoms with Crippen molar-refractivity contribution in [2.45, 2.75) is 37.8 Å². The van der Waals surface area contributed by atoms with Gasteiger partial charge in [-0.3, -0.25) is 4.90 Å². The number of fused-ring (bicyclic) bond motifs is 1. The van der Waals surface area contributed by atoms with E-state index in [1.165, 1.54) is 24.1 Å². The molecule has 3 aliphatic rings. The Morgan fingerprint density at radius 3 is 2.58 bits per heavy atom. The van der Waals surface area contributed by atoms with E-state index >= 15 is 0 Å². The number of anilines is 2. The van der Waals surface area contributed by atoms with Gasteiger partial charge in [0.05, 0.1) is 31.0 Å². The van der Waals surface area contributed by atoms with Crippen molar-refractivity contribution >= 4 is 11.8 Å². The third-order valence-corrected chi connectivity index (χ3v) is 5.95. The van der Waals surface area contributed by atoms with Crippen LogP contribution >= 0.6 is 0 Å². The number of hydrogen-bond donors (Lipinski definition) is 1. The highest BCUT2D eigenvalue weighted by molar-refractivity contribution is 5.53. The Balaban J connectivity index is 1.55. The van der Waals surface area contributed by atoms with Gasteiger partial charge >= 0.3 is 0 Å². The maximum atomic E-state index is 5.87. The number of likely N-dealkylation sites (N-methyl/N-ethyl adjacent to an activating group) is 1. The van der Waals surface area contributed by atoms with E-state index in [0.29, 0.717) is 12.1 Å². The number of aryl methyl sites for hydroxylation is 1. The Hall–Kier alpha value is -1.44. The second-order valence-electron chi connectivity index (χ2n) is 8.09. The molecule has 7 heteroatoms. The van der Waals surface area contributed by atoms with Gasteiger partial charge in [-0.15, -0.1) is 0 Å². The Labute approximate surface area is 156 Å². The highest BCUT2D eigenvalue weighted by Gasteiger charge is 2.35. The second kappa shape index (κ2) is 7.66. The lowest BCUT2D eigenvalue weighted by molar-refractivity contribution is 0.0948. The zero-order chi connectivity index (χ0) is 18.1. The topological polar surface area (TPSA) is 56.8 Å². The van der Waals surface area contributed by atoms with E-state index in [2.05, 4.69) is 22.2 Å². The van der Waals surface area contributed by atoms with Crippen molar-refractivity contribution in [1.29, 1.82) is 0 Å². The molecule has 2 saturated heterocycles. The average Bonchev–Trinajstić information content (AvgIpc) is 3.10. The molecule has 0 saturated carbocycles. The molecule has 4 rings (SSSR count). The molecule has 0 radical (unpaired) electrons. The molecule has 1 aromatic rings. The number of hydrogen-bond acceptors (Lipinski definition) is 7. The quantitative estimate of drug-likeness (QED) is 0.854. The molecule has 0 spiro atoms. The Bertz CT molecular complexity index is 629. The highest BCUT2D eigenvalue weighted by Crippen LogP contribution is 2.29. The molecule has 2 unspecified atom stereocenters. The van der Waals surface area contributed by atoms with Gasteiger partial charge in [0.2, 0.25) is 5.95 Å². The van der Waals surface area contributed by atoms with Crippen molar-refractivity contribution in [2.24, 2.45) is 0 Å². The van der Waals surface area contributed by atoms with Crippen LogP contribution in [0.2, 0.25) is 0 Å². The summed E-state index contributed by atoms with van der Waals surface area (Å²) in [5.74, 6) is 1.84. The van der Waals surface area contributed by atoms with Crippen molar-refractivity contribution in [3.63, 3.8) is 0 Å². The molecule has 2 fully saturated rings. The van der Waals surface area contributed by atoms with Crippen LogP contribution in [0.4, 0.5) is 11.8 Å². The van der Waals surface area contributed by atoms with Crippen LogP contribution in [0.5, 0.6) is 0 Å². The summed E-state index contributed by atoms with van der Waals surface area (Å²) >= 11 is 0. The first kappa shape index (κ1) is 17.9. The second-order valence-corrected chi connectivity index (χ2v) is 8.09. The zero-order valence-corrected chi connectivity index (χ0v) is 16.4. The average molecular weight is 361 g/mol. The number of aromatic nitrogens is 2. The van der Waals surface area contributed by atoms with Gasteiger partial charge in [0, 0.05) is 45.8 Å². The molecular formula is C19H32N6O. The molecule has 1 N–H and O–H groups in total. The van der Waals surface area contributed by atoms with E-state index < -0.39 is 0 Å². The van der Waals surface area contributed by atoms with E-state index in [-0.39, 0.29) is 0 Å². The van der Waals surface area contributed by atoms with Crippen LogP contribution in [0, 0.1) is 0 Å². The van der Waals surface area contributed by atoms with E-state index in [1.54, 1.807) is 0 Å². The first-order valence-electron chi connectivity index (χ1n) is 9.96. The lowest BCUT2D eigenvalue weighted by atomic mass is 9.96. The van der Waals surface area contributed by atoms with Gasteiger partial charge in [0.25, 0.3) is 0 Å². The minimum Gasteiger partial charge on any atom is -0.378 e. The van der Waals surface area contributed by atoms with E-state index in [4.69, 9.17) is 14.7 Å². The molecule has 1 aliphatic carbocycles. The third-order valence-electron chi connectivity index (χ3n) is 5.95. The summed E-state index contributed by atoms with van der Waals surface area (Å²) in [4.78, 5) is 16.6. The Morgan fingerprint density at radius 2 is 1.81 bits per heavy atom. The molecule has 0 bridgehead atoms. The maximum absolute atomic E-state index is 5.87. The summed E-state index contributed by atoms with van der Waals surface area (Å²) < 4.78 is 5.87. The smallest absolute Gasteiger partial charge is 0.227 e. The molecule has 0 aromatic carbocycles. The van der Waals surface area contributed by atoms with Crippen molar-refractivity contribution in [2.75, 3.05) is 70.8 Å². The van der Waals surface area contributed by atoms with Crippen LogP contribution in [0.25, 0.3) is 0 Å². The first-order valence-corrected chi connectivity index (χ1v) is 9.96. The minimum atomic E-state index is 0.300. The predicted molar refractivity (Wildman–Crippen MR) is 104 cm³/mol. The number of rotatable bonds is 4. The third kappa shape index (κ3) is 3.66. The summed E-state index contributed by atoms with van der Waals surface area (Å²) in [6.45, 7) is 6.08. The van der Waals surface area contributed by atoms with Gasteiger partial charge in [0.15, 0.2) is 0 Å². The van der Waals surface area contributed by atoms with Crippen molar-refractivity contribution in [3.05, 3.63) is 11.3 Å². The molecule has 1 aromatic heterocycles. The summed E-state index contributed by atoms with van der Waals surface area (Å²) in [5, 5.41) is 3.76. The minimum absolute atomic E-state index is 0.300. The molecule has 2 aliphatic heterocycles. The van der Waals surface area contributed by atoms with Gasteiger partial charge in [-0.25, -0.2) is 4.98 Å². The molecule has 26 heavy (non-hydrogen) atoms. The predicted octanol–water partition coefficient (Wildman–Crippen LogP) is 0.848. The lowest BCUT2D eigenvalue weighted by Gasteiger charge is -2.38. The van der Waals surface area contributed by atoms with E-state index in [0.717, 1.165) is 64.0 Å². The fourth-order valence-electron chi connectivity index (χ4n) is 4.27. The molecule has 7 nitrogen and oxygen atoms in total. The first-order chi connectivity index (χ1) is 12.6. The van der Waals surface area contributed by atoms with E-state index in [1.807, 2.05) is 19.0 Å². The van der Waals surface area contributed by atoms with Crippen LogP contribution in [0.15, 0.2) is 0 Å². The summed E-state index contributed by atoms with van der Waals surface area (Å²) in [6, 6.07) is 0.732. The van der Waals surface area contributed by atoms with Gasteiger partial charge < -0.3 is 19.9 Å². The van der Waals surface area contributed by atoms with Crippen LogP contribution in [0.1, 0.15) is 24.1 Å². The SMILES string of the molecule is CN1CCN(C2COCC2Nc2nc(N(C)C)nc3c2CCCC3)CC1. The molecular weight excluding hydrogens is 328 g/mol. The Kier molecular flexibility index (Phi) is 5.29. The van der Waals surface area contributed by atoms with Gasteiger partial charge in [0.1, 0.15) is 5.82 Å². The van der Waals surface area contributed by atoms with E-state index in [9.17, 15) is 0 Å². The van der Waals surface area contributed by atoms with Crippen LogP contribution in [-0.2, 0) is 17.6 Å². The fraction of sp³-hybridized carbons (Fsp3) is 0.789. The van der Waals surface area contributed by atoms with Crippen LogP contribution in [0.3, 0.4) is 0 Å². The molecule has 0 amide bonds. The number of nitrogens with one attached hydrogen (secondary N) is 1. The number of piperazine rings is 1. The van der Waals surface area contributed by atoms with Crippen molar-refractivity contribution in [3.8, 4) is 0 Å². The standard InChI is InChI=1S/C19H32N6O/c1-23(2)19-21-15-7-5-4-6-14(15)18(22-19)20-16-12-26-13-17(16)25-10-8-24(3)9-11-25/h16-17H,4-13H2,1-3H3,(H,20,21,22). The molecule has 2 atom stereocenters. The van der Waals surface area contributed by atoms with Crippen molar-refractivity contribution < 1.29 is 4.74 Å². The van der Waals surface area contributed by atoms with Crippen LogP contribution in [-0.4, -0.2) is 92.4 Å².